The van der Waals surface area contributed by atoms with Crippen molar-refractivity contribution in [1.29, 1.82) is 0 Å². The van der Waals surface area contributed by atoms with Crippen molar-refractivity contribution in [3.05, 3.63) is 0 Å². The highest BCUT2D eigenvalue weighted by Crippen LogP contribution is 2.27. The van der Waals surface area contributed by atoms with Crippen LogP contribution in [0.1, 0.15) is 27.2 Å². The minimum Gasteiger partial charge on any atom is -0.328 e. The number of imide groups is 1. The normalized spacial score (nSPS) is 21.4. The molecule has 1 rings (SSSR count). The summed E-state index contributed by atoms with van der Waals surface area (Å²) in [4.78, 5) is 25.0. The SMILES string of the molecule is CC(C)CC(C)(CN)N1C(=O)CSCC1=O. The molecule has 0 aromatic rings. The molecule has 1 saturated heterocycles. The molecule has 0 radical (unpaired) electrons. The average Bonchev–Trinajstić information content (AvgIpc) is 2.16. The summed E-state index contributed by atoms with van der Waals surface area (Å²) < 4.78 is 0. The summed E-state index contributed by atoms with van der Waals surface area (Å²) in [5, 5.41) is 0. The van der Waals surface area contributed by atoms with E-state index in [1.807, 2.05) is 6.92 Å². The zero-order chi connectivity index (χ0) is 12.3. The number of hydrogen-bond donors (Lipinski definition) is 1. The molecule has 0 bridgehead atoms. The Labute approximate surface area is 101 Å². The predicted octanol–water partition coefficient (Wildman–Crippen LogP) is 0.852. The van der Waals surface area contributed by atoms with Crippen molar-refractivity contribution in [3.8, 4) is 0 Å². The number of amides is 2. The third kappa shape index (κ3) is 2.77. The van der Waals surface area contributed by atoms with Gasteiger partial charge in [0, 0.05) is 6.54 Å². The van der Waals surface area contributed by atoms with Crippen molar-refractivity contribution in [1.82, 2.24) is 4.90 Å². The van der Waals surface area contributed by atoms with Crippen LogP contribution in [-0.4, -0.2) is 40.3 Å². The van der Waals surface area contributed by atoms with Gasteiger partial charge in [0.1, 0.15) is 0 Å². The molecule has 0 saturated carbocycles. The Morgan fingerprint density at radius 2 is 1.88 bits per heavy atom. The Hall–Kier alpha value is -0.550. The van der Waals surface area contributed by atoms with E-state index in [0.29, 0.717) is 24.0 Å². The van der Waals surface area contributed by atoms with E-state index in [1.165, 1.54) is 16.7 Å². The fourth-order valence-corrected chi connectivity index (χ4v) is 2.95. The summed E-state index contributed by atoms with van der Waals surface area (Å²) in [6.07, 6.45) is 0.756. The molecule has 16 heavy (non-hydrogen) atoms. The average molecular weight is 244 g/mol. The van der Waals surface area contributed by atoms with Crippen LogP contribution in [0.3, 0.4) is 0 Å². The van der Waals surface area contributed by atoms with Crippen LogP contribution in [-0.2, 0) is 9.59 Å². The summed E-state index contributed by atoms with van der Waals surface area (Å²) in [6, 6.07) is 0. The second-order valence-corrected chi connectivity index (χ2v) is 5.90. The Morgan fingerprint density at radius 1 is 1.38 bits per heavy atom. The maximum absolute atomic E-state index is 11.8. The molecule has 1 aliphatic heterocycles. The molecule has 4 nitrogen and oxygen atoms in total. The van der Waals surface area contributed by atoms with E-state index in [0.717, 1.165) is 6.42 Å². The minimum absolute atomic E-state index is 0.102. The van der Waals surface area contributed by atoms with Gasteiger partial charge in [-0.05, 0) is 19.3 Å². The predicted molar refractivity (Wildman–Crippen MR) is 66.1 cm³/mol. The van der Waals surface area contributed by atoms with Crippen LogP contribution in [0, 0.1) is 5.92 Å². The zero-order valence-corrected chi connectivity index (χ0v) is 11.0. The van der Waals surface area contributed by atoms with Gasteiger partial charge in [-0.3, -0.25) is 14.5 Å². The van der Waals surface area contributed by atoms with Crippen molar-refractivity contribution in [2.45, 2.75) is 32.7 Å². The summed E-state index contributed by atoms with van der Waals surface area (Å²) in [7, 11) is 0. The lowest BCUT2D eigenvalue weighted by Gasteiger charge is -2.42. The third-order valence-corrected chi connectivity index (χ3v) is 3.68. The van der Waals surface area contributed by atoms with Crippen LogP contribution in [0.15, 0.2) is 0 Å². The fourth-order valence-electron chi connectivity index (χ4n) is 2.24. The van der Waals surface area contributed by atoms with Crippen LogP contribution in [0.4, 0.5) is 0 Å². The highest BCUT2D eigenvalue weighted by Gasteiger charge is 2.40. The number of thioether (sulfide) groups is 1. The van der Waals surface area contributed by atoms with Crippen LogP contribution in [0.25, 0.3) is 0 Å². The first kappa shape index (κ1) is 13.5. The first-order chi connectivity index (χ1) is 7.40. The van der Waals surface area contributed by atoms with Gasteiger partial charge in [-0.2, -0.15) is 0 Å². The van der Waals surface area contributed by atoms with E-state index in [9.17, 15) is 9.59 Å². The number of carbonyl (C=O) groups excluding carboxylic acids is 2. The summed E-state index contributed by atoms with van der Waals surface area (Å²) >= 11 is 1.38. The van der Waals surface area contributed by atoms with Gasteiger partial charge in [-0.15, -0.1) is 11.8 Å². The van der Waals surface area contributed by atoms with E-state index >= 15 is 0 Å². The molecule has 92 valence electrons. The highest BCUT2D eigenvalue weighted by molar-refractivity contribution is 8.00. The van der Waals surface area contributed by atoms with E-state index in [1.54, 1.807) is 0 Å². The highest BCUT2D eigenvalue weighted by atomic mass is 32.2. The number of hydrogen-bond acceptors (Lipinski definition) is 4. The van der Waals surface area contributed by atoms with Crippen molar-refractivity contribution in [2.24, 2.45) is 11.7 Å². The van der Waals surface area contributed by atoms with E-state index < -0.39 is 5.54 Å². The smallest absolute Gasteiger partial charge is 0.239 e. The molecule has 1 fully saturated rings. The molecule has 1 heterocycles. The molecule has 0 spiro atoms. The topological polar surface area (TPSA) is 63.4 Å². The molecule has 0 aromatic carbocycles. The van der Waals surface area contributed by atoms with E-state index in [-0.39, 0.29) is 11.8 Å². The van der Waals surface area contributed by atoms with E-state index in [4.69, 9.17) is 5.73 Å². The lowest BCUT2D eigenvalue weighted by Crippen LogP contribution is -2.60. The molecule has 2 N–H and O–H groups in total. The molecule has 1 atom stereocenters. The van der Waals surface area contributed by atoms with Crippen molar-refractivity contribution in [2.75, 3.05) is 18.1 Å². The first-order valence-corrected chi connectivity index (χ1v) is 6.70. The lowest BCUT2D eigenvalue weighted by atomic mass is 9.88. The number of rotatable bonds is 4. The van der Waals surface area contributed by atoms with Crippen molar-refractivity contribution in [3.63, 3.8) is 0 Å². The Balaban J connectivity index is 2.92. The molecule has 1 unspecified atom stereocenters. The molecule has 0 aromatic heterocycles. The maximum Gasteiger partial charge on any atom is 0.239 e. The van der Waals surface area contributed by atoms with Gasteiger partial charge in [0.2, 0.25) is 11.8 Å². The maximum atomic E-state index is 11.8. The minimum atomic E-state index is -0.524. The zero-order valence-electron chi connectivity index (χ0n) is 10.2. The second-order valence-electron chi connectivity index (χ2n) is 4.91. The number of nitrogens with zero attached hydrogens (tertiary/aromatic N) is 1. The van der Waals surface area contributed by atoms with Crippen molar-refractivity contribution < 1.29 is 9.59 Å². The largest absolute Gasteiger partial charge is 0.328 e. The standard InChI is InChI=1S/C11H20N2O2S/c1-8(2)4-11(3,7-12)13-9(14)5-16-6-10(13)15/h8H,4-7,12H2,1-3H3. The van der Waals surface area contributed by atoms with Gasteiger partial charge < -0.3 is 5.73 Å². The van der Waals surface area contributed by atoms with Gasteiger partial charge in [-0.25, -0.2) is 0 Å². The summed E-state index contributed by atoms with van der Waals surface area (Å²) in [5.74, 6) is 0.979. The molecular formula is C11H20N2O2S. The molecule has 0 aliphatic carbocycles. The quantitative estimate of drug-likeness (QED) is 0.745. The van der Waals surface area contributed by atoms with Crippen LogP contribution in [0.2, 0.25) is 0 Å². The summed E-state index contributed by atoms with van der Waals surface area (Å²) in [5.41, 5.74) is 5.23. The molecule has 5 heteroatoms. The van der Waals surface area contributed by atoms with Crippen LogP contribution in [0.5, 0.6) is 0 Å². The van der Waals surface area contributed by atoms with Gasteiger partial charge in [-0.1, -0.05) is 13.8 Å². The molecule has 1 aliphatic rings. The first-order valence-electron chi connectivity index (χ1n) is 5.54. The fraction of sp³-hybridized carbons (Fsp3) is 0.818. The van der Waals surface area contributed by atoms with Crippen LogP contribution >= 0.6 is 11.8 Å². The third-order valence-electron chi connectivity index (χ3n) is 2.78. The monoisotopic (exact) mass is 244 g/mol. The number of nitrogens with two attached hydrogens (primary N) is 1. The lowest BCUT2D eigenvalue weighted by molar-refractivity contribution is -0.149. The Bertz CT molecular complexity index is 278. The molecular weight excluding hydrogens is 224 g/mol. The summed E-state index contributed by atoms with van der Waals surface area (Å²) in [6.45, 7) is 6.37. The van der Waals surface area contributed by atoms with E-state index in [2.05, 4.69) is 13.8 Å². The second kappa shape index (κ2) is 5.19. The molecule has 2 amide bonds. The van der Waals surface area contributed by atoms with Gasteiger partial charge in [0.05, 0.1) is 17.0 Å². The number of carbonyl (C=O) groups is 2. The Kier molecular flexibility index (Phi) is 4.38. The van der Waals surface area contributed by atoms with Crippen LogP contribution < -0.4 is 5.73 Å². The van der Waals surface area contributed by atoms with Gasteiger partial charge >= 0.3 is 0 Å². The van der Waals surface area contributed by atoms with Gasteiger partial charge in [0.15, 0.2) is 0 Å². The van der Waals surface area contributed by atoms with Crippen molar-refractivity contribution >= 4 is 23.6 Å². The van der Waals surface area contributed by atoms with Gasteiger partial charge in [0.25, 0.3) is 0 Å². The Morgan fingerprint density at radius 3 is 2.25 bits per heavy atom.